The van der Waals surface area contributed by atoms with Crippen LogP contribution in [-0.2, 0) is 5.41 Å². The number of aromatic nitrogens is 3. The summed E-state index contributed by atoms with van der Waals surface area (Å²) in [7, 11) is 0. The molecule has 246 valence electrons. The van der Waals surface area contributed by atoms with Gasteiger partial charge in [-0.25, -0.2) is 9.97 Å². The summed E-state index contributed by atoms with van der Waals surface area (Å²) in [5, 5.41) is 2.40. The lowest BCUT2D eigenvalue weighted by Crippen LogP contribution is -2.14. The Balaban J connectivity index is 1.21. The number of hydrogen-bond acceptors (Lipinski definition) is 2. The van der Waals surface area contributed by atoms with Crippen molar-refractivity contribution in [3.05, 3.63) is 187 Å². The number of benzene rings is 7. The molecule has 2 heterocycles. The van der Waals surface area contributed by atoms with E-state index in [0.717, 1.165) is 39.3 Å². The Kier molecular flexibility index (Phi) is 6.84. The molecule has 2 aromatic heterocycles. The maximum Gasteiger partial charge on any atom is 0.160 e. The van der Waals surface area contributed by atoms with Crippen molar-refractivity contribution in [2.24, 2.45) is 0 Å². The van der Waals surface area contributed by atoms with Crippen LogP contribution in [0.5, 0.6) is 0 Å². The highest BCUT2D eigenvalue weighted by molar-refractivity contribution is 6.12. The van der Waals surface area contributed by atoms with Crippen molar-refractivity contribution in [1.29, 1.82) is 0 Å². The van der Waals surface area contributed by atoms with Gasteiger partial charge in [0.05, 0.1) is 22.4 Å². The molecule has 0 spiro atoms. The van der Waals surface area contributed by atoms with Crippen molar-refractivity contribution in [1.82, 2.24) is 14.5 Å². The van der Waals surface area contributed by atoms with E-state index in [2.05, 4.69) is 170 Å². The Morgan fingerprint density at radius 3 is 1.67 bits per heavy atom. The van der Waals surface area contributed by atoms with Crippen LogP contribution in [0, 0.1) is 0 Å². The zero-order valence-electron chi connectivity index (χ0n) is 29.1. The fourth-order valence-corrected chi connectivity index (χ4v) is 8.27. The van der Waals surface area contributed by atoms with E-state index in [4.69, 9.17) is 9.97 Å². The number of para-hydroxylation sites is 1. The van der Waals surface area contributed by atoms with Crippen LogP contribution in [0.25, 0.3) is 83.6 Å². The second-order valence-corrected chi connectivity index (χ2v) is 14.2. The van der Waals surface area contributed by atoms with Gasteiger partial charge in [0, 0.05) is 38.6 Å². The molecule has 3 heteroatoms. The standard InChI is InChI=1S/C49H35N3/c1-49(2)41-23-13-12-21-38(41)47-37(22-14-24-42(47)49)34-25-27-45-39(29-34)40-30-35(26-28-46(40)52(45)36-19-10-5-11-20-36)44-31-43(32-15-6-3-7-16-32)50-48(51-44)33-17-8-4-9-18-33/h3-31H,1-2H3. The zero-order valence-corrected chi connectivity index (χ0v) is 29.1. The third-order valence-electron chi connectivity index (χ3n) is 10.8. The minimum Gasteiger partial charge on any atom is -0.309 e. The number of fused-ring (bicyclic) bond motifs is 6. The molecule has 0 atom stereocenters. The molecule has 0 fully saturated rings. The summed E-state index contributed by atoms with van der Waals surface area (Å²) in [6.07, 6.45) is 0. The molecule has 3 nitrogen and oxygen atoms in total. The molecule has 9 aromatic rings. The maximum absolute atomic E-state index is 5.17. The highest BCUT2D eigenvalue weighted by Crippen LogP contribution is 2.52. The SMILES string of the molecule is CC1(C)c2ccccc2-c2c(-c3ccc4c(c3)c3cc(-c5cc(-c6ccccc6)nc(-c6ccccc6)n5)ccc3n4-c3ccccc3)cccc21. The smallest absolute Gasteiger partial charge is 0.160 e. The minimum atomic E-state index is -0.0565. The lowest BCUT2D eigenvalue weighted by molar-refractivity contribution is 0.660. The fraction of sp³-hybridized carbons (Fsp3) is 0.0612. The average molecular weight is 666 g/mol. The van der Waals surface area contributed by atoms with Crippen LogP contribution in [0.2, 0.25) is 0 Å². The monoisotopic (exact) mass is 665 g/mol. The summed E-state index contributed by atoms with van der Waals surface area (Å²) in [6.45, 7) is 4.69. The van der Waals surface area contributed by atoms with E-state index in [1.807, 2.05) is 24.3 Å². The number of rotatable bonds is 5. The van der Waals surface area contributed by atoms with E-state index in [9.17, 15) is 0 Å². The van der Waals surface area contributed by atoms with Crippen LogP contribution in [0.15, 0.2) is 176 Å². The predicted molar refractivity (Wildman–Crippen MR) is 216 cm³/mol. The molecule has 0 unspecified atom stereocenters. The van der Waals surface area contributed by atoms with E-state index in [1.54, 1.807) is 0 Å². The molecular weight excluding hydrogens is 631 g/mol. The first-order chi connectivity index (χ1) is 25.5. The topological polar surface area (TPSA) is 30.7 Å². The molecule has 10 rings (SSSR count). The van der Waals surface area contributed by atoms with Crippen LogP contribution in [0.3, 0.4) is 0 Å². The number of hydrogen-bond donors (Lipinski definition) is 0. The second-order valence-electron chi connectivity index (χ2n) is 14.2. The van der Waals surface area contributed by atoms with Gasteiger partial charge in [0.25, 0.3) is 0 Å². The Morgan fingerprint density at radius 2 is 0.962 bits per heavy atom. The summed E-state index contributed by atoms with van der Waals surface area (Å²) < 4.78 is 2.39. The Labute approximate surface area is 303 Å². The van der Waals surface area contributed by atoms with Crippen LogP contribution in [0.4, 0.5) is 0 Å². The summed E-state index contributed by atoms with van der Waals surface area (Å²) in [5.41, 5.74) is 16.3. The zero-order chi connectivity index (χ0) is 34.8. The molecule has 0 saturated carbocycles. The van der Waals surface area contributed by atoms with E-state index >= 15 is 0 Å². The molecule has 0 aliphatic heterocycles. The first-order valence-corrected chi connectivity index (χ1v) is 17.9. The Hall–Kier alpha value is -6.58. The summed E-state index contributed by atoms with van der Waals surface area (Å²) in [5.74, 6) is 0.715. The lowest BCUT2D eigenvalue weighted by atomic mass is 9.82. The molecular formula is C49H35N3. The van der Waals surface area contributed by atoms with Gasteiger partial charge in [0.15, 0.2) is 5.82 Å². The van der Waals surface area contributed by atoms with Crippen LogP contribution in [-0.4, -0.2) is 14.5 Å². The van der Waals surface area contributed by atoms with Gasteiger partial charge in [-0.1, -0.05) is 147 Å². The van der Waals surface area contributed by atoms with Crippen molar-refractivity contribution in [3.63, 3.8) is 0 Å². The predicted octanol–water partition coefficient (Wildman–Crippen LogP) is 12.5. The van der Waals surface area contributed by atoms with E-state index in [0.29, 0.717) is 5.82 Å². The molecule has 52 heavy (non-hydrogen) atoms. The molecule has 7 aromatic carbocycles. The summed E-state index contributed by atoms with van der Waals surface area (Å²) in [4.78, 5) is 10.2. The van der Waals surface area contributed by atoms with E-state index in [1.165, 1.54) is 49.7 Å². The highest BCUT2D eigenvalue weighted by Gasteiger charge is 2.36. The van der Waals surface area contributed by atoms with Gasteiger partial charge in [-0.2, -0.15) is 0 Å². The first-order valence-electron chi connectivity index (χ1n) is 17.9. The van der Waals surface area contributed by atoms with Gasteiger partial charge >= 0.3 is 0 Å². The normalized spacial score (nSPS) is 13.0. The molecule has 0 radical (unpaired) electrons. The van der Waals surface area contributed by atoms with Crippen molar-refractivity contribution in [3.8, 4) is 61.8 Å². The van der Waals surface area contributed by atoms with Gasteiger partial charge < -0.3 is 4.57 Å². The third kappa shape index (κ3) is 4.74. The third-order valence-corrected chi connectivity index (χ3v) is 10.8. The molecule has 0 bridgehead atoms. The second kappa shape index (κ2) is 11.8. The maximum atomic E-state index is 5.17. The van der Waals surface area contributed by atoms with Gasteiger partial charge in [-0.05, 0) is 75.8 Å². The summed E-state index contributed by atoms with van der Waals surface area (Å²) >= 11 is 0. The largest absolute Gasteiger partial charge is 0.309 e. The molecule has 0 N–H and O–H groups in total. The van der Waals surface area contributed by atoms with Crippen LogP contribution in [0.1, 0.15) is 25.0 Å². The van der Waals surface area contributed by atoms with Crippen molar-refractivity contribution >= 4 is 21.8 Å². The van der Waals surface area contributed by atoms with Gasteiger partial charge in [0.2, 0.25) is 0 Å². The van der Waals surface area contributed by atoms with Crippen molar-refractivity contribution < 1.29 is 0 Å². The fourth-order valence-electron chi connectivity index (χ4n) is 8.27. The first kappa shape index (κ1) is 30.3. The Bertz CT molecular complexity index is 2740. The van der Waals surface area contributed by atoms with E-state index in [-0.39, 0.29) is 5.41 Å². The van der Waals surface area contributed by atoms with Gasteiger partial charge in [0.1, 0.15) is 0 Å². The Morgan fingerprint density at radius 1 is 0.423 bits per heavy atom. The minimum absolute atomic E-state index is 0.0565. The van der Waals surface area contributed by atoms with Gasteiger partial charge in [-0.15, -0.1) is 0 Å². The van der Waals surface area contributed by atoms with Crippen molar-refractivity contribution in [2.75, 3.05) is 0 Å². The lowest BCUT2D eigenvalue weighted by Gasteiger charge is -2.21. The highest BCUT2D eigenvalue weighted by atomic mass is 15.0. The molecule has 1 aliphatic rings. The van der Waals surface area contributed by atoms with Crippen LogP contribution < -0.4 is 0 Å². The number of nitrogens with zero attached hydrogens (tertiary/aromatic N) is 3. The molecule has 0 amide bonds. The quantitative estimate of drug-likeness (QED) is 0.183. The van der Waals surface area contributed by atoms with Gasteiger partial charge in [-0.3, -0.25) is 0 Å². The van der Waals surface area contributed by atoms with Crippen LogP contribution >= 0.6 is 0 Å². The van der Waals surface area contributed by atoms with E-state index < -0.39 is 0 Å². The van der Waals surface area contributed by atoms with Crippen molar-refractivity contribution in [2.45, 2.75) is 19.3 Å². The molecule has 0 saturated heterocycles. The average Bonchev–Trinajstić information content (AvgIpc) is 3.66. The molecule has 1 aliphatic carbocycles. The summed E-state index contributed by atoms with van der Waals surface area (Å²) in [6, 6.07) is 62.9.